The molecule has 5 heteroatoms. The van der Waals surface area contributed by atoms with E-state index in [9.17, 15) is 4.79 Å². The fourth-order valence-electron chi connectivity index (χ4n) is 2.53. The minimum absolute atomic E-state index is 0.0768. The molecule has 1 amide bonds. The van der Waals surface area contributed by atoms with Gasteiger partial charge in [-0.15, -0.1) is 0 Å². The summed E-state index contributed by atoms with van der Waals surface area (Å²) in [4.78, 5) is 13.8. The van der Waals surface area contributed by atoms with E-state index in [0.29, 0.717) is 0 Å². The molecule has 0 unspecified atom stereocenters. The van der Waals surface area contributed by atoms with E-state index < -0.39 is 6.04 Å². The van der Waals surface area contributed by atoms with Crippen LogP contribution in [-0.2, 0) is 4.79 Å². The van der Waals surface area contributed by atoms with Crippen molar-refractivity contribution in [3.63, 3.8) is 0 Å². The maximum atomic E-state index is 11.1. The summed E-state index contributed by atoms with van der Waals surface area (Å²) < 4.78 is 0. The van der Waals surface area contributed by atoms with Crippen molar-refractivity contribution < 1.29 is 4.79 Å². The van der Waals surface area contributed by atoms with E-state index in [0.717, 1.165) is 12.8 Å². The van der Waals surface area contributed by atoms with Crippen LogP contribution in [0.25, 0.3) is 10.4 Å². The fourth-order valence-corrected chi connectivity index (χ4v) is 2.53. The highest BCUT2D eigenvalue weighted by Gasteiger charge is 2.37. The van der Waals surface area contributed by atoms with Gasteiger partial charge in [0.2, 0.25) is 5.91 Å². The van der Waals surface area contributed by atoms with Crippen LogP contribution in [0.15, 0.2) is 5.11 Å². The summed E-state index contributed by atoms with van der Waals surface area (Å²) in [6.45, 7) is 2.24. The number of carbonyl (C=O) groups is 1. The van der Waals surface area contributed by atoms with Gasteiger partial charge >= 0.3 is 0 Å². The summed E-state index contributed by atoms with van der Waals surface area (Å²) in [7, 11) is 0. The van der Waals surface area contributed by atoms with E-state index in [1.165, 1.54) is 51.4 Å². The number of rotatable bonds is 11. The number of hydrogen-bond acceptors (Lipinski definition) is 2. The van der Waals surface area contributed by atoms with Crippen molar-refractivity contribution in [2.24, 2.45) is 5.11 Å². The lowest BCUT2D eigenvalue weighted by molar-refractivity contribution is -0.130. The summed E-state index contributed by atoms with van der Waals surface area (Å²) in [6, 6.07) is -0.382. The molecule has 5 nitrogen and oxygen atoms in total. The normalized spacial score (nSPS) is 21.4. The largest absolute Gasteiger partial charge is 0.352 e. The first-order valence-corrected chi connectivity index (χ1v) is 7.64. The van der Waals surface area contributed by atoms with E-state index in [1.54, 1.807) is 0 Å². The standard InChI is InChI=1S/C14H26N4O/c1-2-3-4-5-6-7-8-9-10-11-12-13(17-18-15)14(19)16-12/h12-13H,2-11H2,1H3,(H,16,19)/t12-,13-/m1/s1. The Bertz CT molecular complexity index is 311. The first-order valence-electron chi connectivity index (χ1n) is 7.64. The van der Waals surface area contributed by atoms with Crippen molar-refractivity contribution in [3.05, 3.63) is 10.4 Å². The molecule has 1 aliphatic heterocycles. The third-order valence-corrected chi connectivity index (χ3v) is 3.77. The second-order valence-electron chi connectivity index (χ2n) is 5.38. The minimum atomic E-state index is -0.459. The molecule has 1 saturated heterocycles. The van der Waals surface area contributed by atoms with Crippen molar-refractivity contribution >= 4 is 5.91 Å². The highest BCUT2D eigenvalue weighted by Crippen LogP contribution is 2.18. The molecule has 1 heterocycles. The zero-order chi connectivity index (χ0) is 13.9. The molecule has 0 bridgehead atoms. The molecule has 0 aromatic carbocycles. The zero-order valence-electron chi connectivity index (χ0n) is 12.0. The van der Waals surface area contributed by atoms with Crippen LogP contribution in [0.4, 0.5) is 0 Å². The van der Waals surface area contributed by atoms with Gasteiger partial charge in [-0.2, -0.15) is 0 Å². The number of carbonyl (C=O) groups excluding carboxylic acids is 1. The van der Waals surface area contributed by atoms with Gasteiger partial charge in [0.25, 0.3) is 0 Å². The maximum Gasteiger partial charge on any atom is 0.231 e. The van der Waals surface area contributed by atoms with E-state index in [1.807, 2.05) is 0 Å². The molecule has 1 fully saturated rings. The van der Waals surface area contributed by atoms with Crippen molar-refractivity contribution in [1.82, 2.24) is 5.32 Å². The first-order chi connectivity index (χ1) is 9.29. The molecule has 19 heavy (non-hydrogen) atoms. The first kappa shape index (κ1) is 15.8. The highest BCUT2D eigenvalue weighted by atomic mass is 16.2. The predicted molar refractivity (Wildman–Crippen MR) is 76.7 cm³/mol. The van der Waals surface area contributed by atoms with E-state index in [2.05, 4.69) is 22.3 Å². The molecule has 0 saturated carbocycles. The van der Waals surface area contributed by atoms with Gasteiger partial charge in [-0.25, -0.2) is 0 Å². The molecule has 0 spiro atoms. The summed E-state index contributed by atoms with van der Waals surface area (Å²) in [5, 5.41) is 6.32. The Labute approximate surface area is 115 Å². The molecule has 0 radical (unpaired) electrons. The van der Waals surface area contributed by atoms with Crippen LogP contribution in [0.5, 0.6) is 0 Å². The Balaban J connectivity index is 1.91. The molecule has 1 N–H and O–H groups in total. The van der Waals surface area contributed by atoms with E-state index >= 15 is 0 Å². The van der Waals surface area contributed by atoms with Crippen molar-refractivity contribution in [2.45, 2.75) is 83.2 Å². The molecule has 1 rings (SSSR count). The number of azide groups is 1. The predicted octanol–water partition coefficient (Wildman–Crippen LogP) is 4.08. The van der Waals surface area contributed by atoms with Gasteiger partial charge < -0.3 is 5.32 Å². The quantitative estimate of drug-likeness (QED) is 0.197. The number of β-lactam (4-membered cyclic amide) rings is 1. The Kier molecular flexibility index (Phi) is 8.07. The second-order valence-corrected chi connectivity index (χ2v) is 5.38. The minimum Gasteiger partial charge on any atom is -0.352 e. The Morgan fingerprint density at radius 3 is 2.21 bits per heavy atom. The fraction of sp³-hybridized carbons (Fsp3) is 0.929. The van der Waals surface area contributed by atoms with Gasteiger partial charge in [0.05, 0.1) is 0 Å². The summed E-state index contributed by atoms with van der Waals surface area (Å²) in [6.07, 6.45) is 12.6. The smallest absolute Gasteiger partial charge is 0.231 e. The third kappa shape index (κ3) is 5.97. The van der Waals surface area contributed by atoms with Crippen molar-refractivity contribution in [2.75, 3.05) is 0 Å². The van der Waals surface area contributed by atoms with Crippen LogP contribution < -0.4 is 5.32 Å². The van der Waals surface area contributed by atoms with Gasteiger partial charge in [-0.1, -0.05) is 69.8 Å². The summed E-state index contributed by atoms with van der Waals surface area (Å²) in [5.74, 6) is -0.126. The molecular formula is C14H26N4O. The Morgan fingerprint density at radius 1 is 1.11 bits per heavy atom. The van der Waals surface area contributed by atoms with Gasteiger partial charge in [0, 0.05) is 11.0 Å². The van der Waals surface area contributed by atoms with Crippen LogP contribution in [-0.4, -0.2) is 18.0 Å². The third-order valence-electron chi connectivity index (χ3n) is 3.77. The van der Waals surface area contributed by atoms with Crippen molar-refractivity contribution in [3.8, 4) is 0 Å². The Hall–Kier alpha value is -1.22. The average Bonchev–Trinajstić information content (AvgIpc) is 2.41. The molecule has 108 valence electrons. The molecule has 2 atom stereocenters. The molecule has 1 aliphatic rings. The van der Waals surface area contributed by atoms with E-state index in [-0.39, 0.29) is 11.9 Å². The molecule has 0 aliphatic carbocycles. The molecule has 0 aromatic heterocycles. The van der Waals surface area contributed by atoms with Crippen molar-refractivity contribution in [1.29, 1.82) is 0 Å². The van der Waals surface area contributed by atoms with Crippen LogP contribution in [0.1, 0.15) is 71.1 Å². The summed E-state index contributed by atoms with van der Waals surface area (Å²) in [5.41, 5.74) is 8.35. The second kappa shape index (κ2) is 9.68. The van der Waals surface area contributed by atoms with Gasteiger partial charge in [-0.05, 0) is 12.0 Å². The summed E-state index contributed by atoms with van der Waals surface area (Å²) >= 11 is 0. The number of nitrogens with zero attached hydrogens (tertiary/aromatic N) is 3. The number of hydrogen-bond donors (Lipinski definition) is 1. The Morgan fingerprint density at radius 2 is 1.68 bits per heavy atom. The highest BCUT2D eigenvalue weighted by molar-refractivity contribution is 5.89. The van der Waals surface area contributed by atoms with E-state index in [4.69, 9.17) is 5.53 Å². The maximum absolute atomic E-state index is 11.1. The monoisotopic (exact) mass is 266 g/mol. The van der Waals surface area contributed by atoms with Crippen LogP contribution in [0.3, 0.4) is 0 Å². The molecule has 0 aromatic rings. The van der Waals surface area contributed by atoms with Crippen LogP contribution >= 0.6 is 0 Å². The van der Waals surface area contributed by atoms with Gasteiger partial charge in [0.1, 0.15) is 6.04 Å². The lowest BCUT2D eigenvalue weighted by Gasteiger charge is -2.33. The van der Waals surface area contributed by atoms with Crippen LogP contribution in [0.2, 0.25) is 0 Å². The average molecular weight is 266 g/mol. The molecular weight excluding hydrogens is 240 g/mol. The zero-order valence-corrected chi connectivity index (χ0v) is 12.0. The number of nitrogens with one attached hydrogen (secondary N) is 1. The SMILES string of the molecule is CCCCCCCCCCC[C@H]1NC(=O)[C@@H]1N=[N+]=[N-]. The lowest BCUT2D eigenvalue weighted by atomic mass is 9.94. The topological polar surface area (TPSA) is 77.9 Å². The lowest BCUT2D eigenvalue weighted by Crippen LogP contribution is -2.61. The van der Waals surface area contributed by atoms with Gasteiger partial charge in [0.15, 0.2) is 0 Å². The van der Waals surface area contributed by atoms with Crippen LogP contribution in [0, 0.1) is 0 Å². The number of unbranched alkanes of at least 4 members (excludes halogenated alkanes) is 8. The van der Waals surface area contributed by atoms with Gasteiger partial charge in [-0.3, -0.25) is 4.79 Å². The number of amides is 1.